The molecule has 4 heterocycles. The summed E-state index contributed by atoms with van der Waals surface area (Å²) in [6, 6.07) is 6.38. The highest BCUT2D eigenvalue weighted by atomic mass is 79.9. The zero-order valence-corrected chi connectivity index (χ0v) is 17.2. The molecule has 0 saturated heterocycles. The van der Waals surface area contributed by atoms with Crippen LogP contribution in [-0.4, -0.2) is 43.3 Å². The largest absolute Gasteiger partial charge is 0.364 e. The van der Waals surface area contributed by atoms with Crippen LogP contribution in [0.3, 0.4) is 0 Å². The van der Waals surface area contributed by atoms with Crippen molar-refractivity contribution < 1.29 is 4.74 Å². The summed E-state index contributed by atoms with van der Waals surface area (Å²) in [5.41, 5.74) is 3.72. The fourth-order valence-corrected chi connectivity index (χ4v) is 4.68. The van der Waals surface area contributed by atoms with E-state index in [2.05, 4.69) is 59.0 Å². The molecule has 140 valence electrons. The zero-order valence-electron chi connectivity index (χ0n) is 14.8. The van der Waals surface area contributed by atoms with Gasteiger partial charge in [-0.15, -0.1) is 0 Å². The fourth-order valence-electron chi connectivity index (χ4n) is 3.20. The lowest BCUT2D eigenvalue weighted by molar-refractivity contribution is 0.204. The average Bonchev–Trinajstić information content (AvgIpc) is 3.12. The Kier molecular flexibility index (Phi) is 4.46. The Morgan fingerprint density at radius 3 is 2.89 bits per heavy atom. The minimum atomic E-state index is 0.399. The van der Waals surface area contributed by atoms with Gasteiger partial charge in [-0.05, 0) is 33.6 Å². The van der Waals surface area contributed by atoms with Crippen LogP contribution in [0.2, 0.25) is 0 Å². The molecule has 0 unspecified atom stereocenters. The predicted octanol–water partition coefficient (Wildman–Crippen LogP) is 3.63. The van der Waals surface area contributed by atoms with Gasteiger partial charge in [0.05, 0.1) is 12.0 Å². The van der Waals surface area contributed by atoms with Crippen LogP contribution in [0.5, 0.6) is 0 Å². The number of imidazole rings is 1. The second-order valence-electron chi connectivity index (χ2n) is 6.14. The van der Waals surface area contributed by atoms with Crippen LogP contribution in [-0.2, 0) is 11.3 Å². The van der Waals surface area contributed by atoms with E-state index in [1.807, 2.05) is 9.47 Å². The fraction of sp³-hybridized carbons (Fsp3) is 0.167. The van der Waals surface area contributed by atoms with Crippen molar-refractivity contribution in [1.82, 2.24) is 29.5 Å². The third-order valence-corrected chi connectivity index (χ3v) is 6.03. The lowest BCUT2D eigenvalue weighted by Gasteiger charge is -2.30. The van der Waals surface area contributed by atoms with E-state index >= 15 is 0 Å². The van der Waals surface area contributed by atoms with Crippen LogP contribution in [0.1, 0.15) is 5.56 Å². The van der Waals surface area contributed by atoms with Crippen LogP contribution in [0.4, 0.5) is 11.5 Å². The second-order valence-corrected chi connectivity index (χ2v) is 7.93. The number of fused-ring (bicyclic) bond motifs is 3. The summed E-state index contributed by atoms with van der Waals surface area (Å²) >= 11 is 5.11. The van der Waals surface area contributed by atoms with E-state index < -0.39 is 0 Å². The first kappa shape index (κ1) is 17.5. The van der Waals surface area contributed by atoms with E-state index in [4.69, 9.17) is 4.74 Å². The van der Waals surface area contributed by atoms with Crippen molar-refractivity contribution >= 4 is 50.4 Å². The Bertz CT molecular complexity index is 1180. The van der Waals surface area contributed by atoms with Gasteiger partial charge in [-0.3, -0.25) is 4.90 Å². The molecule has 0 bridgehead atoms. The summed E-state index contributed by atoms with van der Waals surface area (Å²) in [6.45, 7) is 1.05. The molecule has 0 atom stereocenters. The average molecular weight is 456 g/mol. The third kappa shape index (κ3) is 2.93. The Morgan fingerprint density at radius 1 is 1.11 bits per heavy atom. The van der Waals surface area contributed by atoms with Crippen molar-refractivity contribution in [3.05, 3.63) is 53.4 Å². The molecule has 3 aromatic heterocycles. The Labute approximate surface area is 173 Å². The summed E-state index contributed by atoms with van der Waals surface area (Å²) in [5.74, 6) is 0.809. The van der Waals surface area contributed by atoms with Gasteiger partial charge in [-0.2, -0.15) is 0 Å². The number of anilines is 2. The van der Waals surface area contributed by atoms with E-state index in [0.717, 1.165) is 37.1 Å². The van der Waals surface area contributed by atoms with Crippen LogP contribution in [0.25, 0.3) is 11.2 Å². The van der Waals surface area contributed by atoms with E-state index in [1.165, 1.54) is 6.33 Å². The number of halogens is 1. The lowest BCUT2D eigenvalue weighted by Crippen LogP contribution is -2.24. The molecule has 1 aliphatic rings. The maximum atomic E-state index is 5.43. The molecule has 0 saturated carbocycles. The number of ether oxygens (including phenoxy) is 1. The first-order valence-corrected chi connectivity index (χ1v) is 10.0. The topological polar surface area (TPSA) is 81.9 Å². The predicted molar refractivity (Wildman–Crippen MR) is 109 cm³/mol. The number of hydrogen-bond donors (Lipinski definition) is 0. The minimum absolute atomic E-state index is 0.399. The summed E-state index contributed by atoms with van der Waals surface area (Å²) in [4.78, 5) is 24.9. The summed E-state index contributed by atoms with van der Waals surface area (Å²) in [6.07, 6.45) is 6.69. The van der Waals surface area contributed by atoms with Crippen LogP contribution >= 0.6 is 27.7 Å². The minimum Gasteiger partial charge on any atom is -0.364 e. The SMILES string of the molecule is COCN1c2cc(Cn3cnc4ncnc(Br)c43)ccc2Sc2nccnc21. The van der Waals surface area contributed by atoms with Gasteiger partial charge in [-0.25, -0.2) is 24.9 Å². The molecular weight excluding hydrogens is 442 g/mol. The highest BCUT2D eigenvalue weighted by Gasteiger charge is 2.26. The zero-order chi connectivity index (χ0) is 19.1. The quantitative estimate of drug-likeness (QED) is 0.431. The molecule has 0 aliphatic carbocycles. The van der Waals surface area contributed by atoms with Gasteiger partial charge >= 0.3 is 0 Å². The molecule has 28 heavy (non-hydrogen) atoms. The normalized spacial score (nSPS) is 12.9. The smallest absolute Gasteiger partial charge is 0.181 e. The first-order chi connectivity index (χ1) is 13.7. The van der Waals surface area contributed by atoms with E-state index in [0.29, 0.717) is 18.9 Å². The van der Waals surface area contributed by atoms with E-state index in [-0.39, 0.29) is 0 Å². The molecule has 1 aromatic carbocycles. The number of aromatic nitrogens is 6. The van der Waals surface area contributed by atoms with Gasteiger partial charge < -0.3 is 9.30 Å². The molecule has 8 nitrogen and oxygen atoms in total. The Balaban J connectivity index is 1.55. The summed E-state index contributed by atoms with van der Waals surface area (Å²) in [7, 11) is 1.68. The standard InChI is InChI=1S/C18H14BrN7OS/c1-27-10-26-12-6-11(2-3-13(12)28-18-17(26)20-4-5-21-18)7-25-9-24-16-14(25)15(19)22-8-23-16/h2-6,8-9H,7,10H2,1H3. The third-order valence-electron chi connectivity index (χ3n) is 4.40. The maximum absolute atomic E-state index is 5.43. The van der Waals surface area contributed by atoms with Crippen molar-refractivity contribution in [2.24, 2.45) is 0 Å². The summed E-state index contributed by atoms with van der Waals surface area (Å²) < 4.78 is 8.19. The van der Waals surface area contributed by atoms with Crippen molar-refractivity contribution in [3.8, 4) is 0 Å². The first-order valence-electron chi connectivity index (χ1n) is 8.44. The number of hydrogen-bond acceptors (Lipinski definition) is 8. The molecule has 1 aliphatic heterocycles. The van der Waals surface area contributed by atoms with Crippen molar-refractivity contribution in [2.45, 2.75) is 16.5 Å². The van der Waals surface area contributed by atoms with Crippen LogP contribution in [0, 0.1) is 0 Å². The highest BCUT2D eigenvalue weighted by Crippen LogP contribution is 2.46. The number of nitrogens with zero attached hydrogens (tertiary/aromatic N) is 7. The van der Waals surface area contributed by atoms with Crippen molar-refractivity contribution in [3.63, 3.8) is 0 Å². The molecule has 5 rings (SSSR count). The van der Waals surface area contributed by atoms with Gasteiger partial charge in [-0.1, -0.05) is 17.8 Å². The molecule has 4 aromatic rings. The number of methoxy groups -OCH3 is 1. The molecule has 0 N–H and O–H groups in total. The molecule has 0 radical (unpaired) electrons. The molecular formula is C18H14BrN7OS. The van der Waals surface area contributed by atoms with Crippen LogP contribution in [0.15, 0.2) is 57.8 Å². The van der Waals surface area contributed by atoms with E-state index in [9.17, 15) is 0 Å². The van der Waals surface area contributed by atoms with Gasteiger partial charge in [0.15, 0.2) is 11.5 Å². The molecule has 0 fully saturated rings. The molecule has 0 spiro atoms. The number of rotatable bonds is 4. The monoisotopic (exact) mass is 455 g/mol. The van der Waals surface area contributed by atoms with Crippen molar-refractivity contribution in [2.75, 3.05) is 18.7 Å². The highest BCUT2D eigenvalue weighted by molar-refractivity contribution is 9.10. The molecule has 10 heteroatoms. The maximum Gasteiger partial charge on any atom is 0.181 e. The Hall–Kier alpha value is -2.56. The van der Waals surface area contributed by atoms with Crippen molar-refractivity contribution in [1.29, 1.82) is 0 Å². The van der Waals surface area contributed by atoms with Crippen LogP contribution < -0.4 is 4.90 Å². The van der Waals surface area contributed by atoms with Gasteiger partial charge in [0.25, 0.3) is 0 Å². The van der Waals surface area contributed by atoms with Gasteiger partial charge in [0.1, 0.15) is 28.2 Å². The summed E-state index contributed by atoms with van der Waals surface area (Å²) in [5, 5.41) is 0.876. The van der Waals surface area contributed by atoms with Gasteiger partial charge in [0.2, 0.25) is 0 Å². The Morgan fingerprint density at radius 2 is 2.00 bits per heavy atom. The second kappa shape index (κ2) is 7.12. The molecule has 0 amide bonds. The van der Waals surface area contributed by atoms with Gasteiger partial charge in [0, 0.05) is 30.9 Å². The number of benzene rings is 1. The lowest BCUT2D eigenvalue weighted by atomic mass is 10.1. The van der Waals surface area contributed by atoms with E-state index in [1.54, 1.807) is 37.6 Å².